The Morgan fingerprint density at radius 2 is 1.56 bits per heavy atom. The van der Waals surface area contributed by atoms with Gasteiger partial charge in [-0.1, -0.05) is 35.9 Å². The molecule has 0 bridgehead atoms. The Morgan fingerprint density at radius 3 is 2.11 bits per heavy atom. The lowest BCUT2D eigenvalue weighted by molar-refractivity contribution is 0.387. The van der Waals surface area contributed by atoms with Crippen LogP contribution in [0.1, 0.15) is 11.1 Å². The second-order valence-corrected chi connectivity index (χ2v) is 6.01. The first-order valence-electron chi connectivity index (χ1n) is 5.62. The fourth-order valence-corrected chi connectivity index (χ4v) is 2.42. The molecule has 0 radical (unpaired) electrons. The van der Waals surface area contributed by atoms with Crippen LogP contribution in [0.2, 0.25) is 0 Å². The van der Waals surface area contributed by atoms with Gasteiger partial charge in [0.2, 0.25) is 0 Å². The summed E-state index contributed by atoms with van der Waals surface area (Å²) in [6.07, 6.45) is 0. The zero-order valence-corrected chi connectivity index (χ0v) is 11.2. The largest absolute Gasteiger partial charge is 0.356 e. The molecule has 2 rings (SSSR count). The molecule has 2 aromatic carbocycles. The highest BCUT2D eigenvalue weighted by atomic mass is 31.2. The van der Waals surface area contributed by atoms with Gasteiger partial charge in [0.15, 0.2) is 0 Å². The zero-order chi connectivity index (χ0) is 13.3. The molecule has 18 heavy (non-hydrogen) atoms. The summed E-state index contributed by atoms with van der Waals surface area (Å²) >= 11 is 0. The first-order valence-corrected chi connectivity index (χ1v) is 7.23. The van der Waals surface area contributed by atoms with Crippen molar-refractivity contribution in [3.8, 4) is 11.1 Å². The highest BCUT2D eigenvalue weighted by Crippen LogP contribution is 2.34. The third-order valence-corrected chi connectivity index (χ3v) is 3.88. The summed E-state index contributed by atoms with van der Waals surface area (Å²) in [5, 5.41) is 0.0524. The molecule has 4 heteroatoms. The van der Waals surface area contributed by atoms with Crippen molar-refractivity contribution in [2.45, 2.75) is 13.8 Å². The van der Waals surface area contributed by atoms with Crippen LogP contribution in [0.25, 0.3) is 11.1 Å². The molecule has 0 saturated heterocycles. The minimum atomic E-state index is -4.15. The summed E-state index contributed by atoms with van der Waals surface area (Å²) in [5.74, 6) is 0. The van der Waals surface area contributed by atoms with Crippen molar-refractivity contribution < 1.29 is 14.4 Å². The molecule has 2 aromatic rings. The maximum absolute atomic E-state index is 11.1. The minimum Gasteiger partial charge on any atom is -0.321 e. The van der Waals surface area contributed by atoms with Crippen molar-refractivity contribution in [1.82, 2.24) is 0 Å². The molecule has 0 aliphatic rings. The first-order chi connectivity index (χ1) is 8.38. The molecular formula is C14H15O3P. The van der Waals surface area contributed by atoms with E-state index in [4.69, 9.17) is 9.79 Å². The van der Waals surface area contributed by atoms with Gasteiger partial charge >= 0.3 is 7.60 Å². The van der Waals surface area contributed by atoms with Gasteiger partial charge in [-0.2, -0.15) is 0 Å². The van der Waals surface area contributed by atoms with E-state index in [1.54, 1.807) is 12.1 Å². The van der Waals surface area contributed by atoms with Crippen LogP contribution < -0.4 is 5.30 Å². The molecule has 0 aliphatic heterocycles. The molecule has 0 heterocycles. The average Bonchev–Trinajstić information content (AvgIpc) is 2.31. The van der Waals surface area contributed by atoms with Crippen molar-refractivity contribution in [2.24, 2.45) is 0 Å². The van der Waals surface area contributed by atoms with E-state index in [9.17, 15) is 4.57 Å². The van der Waals surface area contributed by atoms with Gasteiger partial charge < -0.3 is 9.79 Å². The van der Waals surface area contributed by atoms with Gasteiger partial charge in [-0.25, -0.2) is 0 Å². The topological polar surface area (TPSA) is 57.5 Å². The highest BCUT2D eigenvalue weighted by Gasteiger charge is 2.16. The fourth-order valence-electron chi connectivity index (χ4n) is 1.88. The molecule has 94 valence electrons. The molecule has 0 aromatic heterocycles. The van der Waals surface area contributed by atoms with Crippen LogP contribution in [-0.2, 0) is 4.57 Å². The standard InChI is InChI=1S/C14H15O3P/c1-10-3-4-11(2)14(9-10)12-5-7-13(8-6-12)18(15,16)17/h3-9H,1-2H3,(H2,15,16,17). The SMILES string of the molecule is Cc1ccc(C)c(-c2ccc(P(=O)(O)O)cc2)c1. The molecule has 0 amide bonds. The van der Waals surface area contributed by atoms with Crippen molar-refractivity contribution in [2.75, 3.05) is 0 Å². The van der Waals surface area contributed by atoms with Crippen LogP contribution >= 0.6 is 7.60 Å². The van der Waals surface area contributed by atoms with Gasteiger partial charge in [-0.05, 0) is 42.7 Å². The average molecular weight is 262 g/mol. The third kappa shape index (κ3) is 2.70. The summed E-state index contributed by atoms with van der Waals surface area (Å²) in [6, 6.07) is 12.6. The van der Waals surface area contributed by atoms with Crippen molar-refractivity contribution >= 4 is 12.9 Å². The van der Waals surface area contributed by atoms with E-state index in [0.29, 0.717) is 0 Å². The Bertz CT molecular complexity index is 611. The maximum Gasteiger partial charge on any atom is 0.356 e. The molecule has 2 N–H and O–H groups in total. The summed E-state index contributed by atoms with van der Waals surface area (Å²) in [6.45, 7) is 4.04. The summed E-state index contributed by atoms with van der Waals surface area (Å²) in [7, 11) is -4.15. The lowest BCUT2D eigenvalue weighted by Gasteiger charge is -2.09. The van der Waals surface area contributed by atoms with E-state index >= 15 is 0 Å². The Hall–Kier alpha value is -1.41. The smallest absolute Gasteiger partial charge is 0.321 e. The molecule has 0 aliphatic carbocycles. The predicted octanol–water partition coefficient (Wildman–Crippen LogP) is 2.77. The lowest BCUT2D eigenvalue weighted by Crippen LogP contribution is -2.02. The summed E-state index contributed by atoms with van der Waals surface area (Å²) < 4.78 is 11.1. The zero-order valence-electron chi connectivity index (χ0n) is 10.3. The number of hydrogen-bond donors (Lipinski definition) is 2. The third-order valence-electron chi connectivity index (χ3n) is 2.91. The van der Waals surface area contributed by atoms with Crippen LogP contribution in [-0.4, -0.2) is 9.79 Å². The monoisotopic (exact) mass is 262 g/mol. The maximum atomic E-state index is 11.1. The Balaban J connectivity index is 2.47. The van der Waals surface area contributed by atoms with Gasteiger partial charge in [-0.3, -0.25) is 4.57 Å². The van der Waals surface area contributed by atoms with E-state index in [-0.39, 0.29) is 5.30 Å². The van der Waals surface area contributed by atoms with Crippen molar-refractivity contribution in [1.29, 1.82) is 0 Å². The number of rotatable bonds is 2. The second-order valence-electron chi connectivity index (χ2n) is 4.41. The van der Waals surface area contributed by atoms with Crippen LogP contribution in [0.4, 0.5) is 0 Å². The summed E-state index contributed by atoms with van der Waals surface area (Å²) in [4.78, 5) is 18.1. The Kier molecular flexibility index (Phi) is 3.40. The Labute approximate surface area is 106 Å². The molecular weight excluding hydrogens is 247 g/mol. The van der Waals surface area contributed by atoms with Gasteiger partial charge in [0, 0.05) is 0 Å². The number of aryl methyl sites for hydroxylation is 2. The normalized spacial score (nSPS) is 11.6. The lowest BCUT2D eigenvalue weighted by atomic mass is 9.99. The van der Waals surface area contributed by atoms with Gasteiger partial charge in [0.1, 0.15) is 0 Å². The van der Waals surface area contributed by atoms with E-state index < -0.39 is 7.60 Å². The van der Waals surface area contributed by atoms with Gasteiger partial charge in [0.05, 0.1) is 5.30 Å². The molecule has 0 fully saturated rings. The van der Waals surface area contributed by atoms with Gasteiger partial charge in [0.25, 0.3) is 0 Å². The number of hydrogen-bond acceptors (Lipinski definition) is 1. The molecule has 0 atom stereocenters. The van der Waals surface area contributed by atoms with E-state index in [0.717, 1.165) is 22.3 Å². The molecule has 0 unspecified atom stereocenters. The van der Waals surface area contributed by atoms with Crippen LogP contribution in [0.3, 0.4) is 0 Å². The summed E-state index contributed by atoms with van der Waals surface area (Å²) in [5.41, 5.74) is 4.36. The van der Waals surface area contributed by atoms with Crippen molar-refractivity contribution in [3.05, 3.63) is 53.6 Å². The minimum absolute atomic E-state index is 0.0524. The molecule has 3 nitrogen and oxygen atoms in total. The van der Waals surface area contributed by atoms with E-state index in [2.05, 4.69) is 6.07 Å². The van der Waals surface area contributed by atoms with Crippen LogP contribution in [0, 0.1) is 13.8 Å². The highest BCUT2D eigenvalue weighted by molar-refractivity contribution is 7.60. The second kappa shape index (κ2) is 4.69. The quantitative estimate of drug-likeness (QED) is 0.818. The van der Waals surface area contributed by atoms with Crippen molar-refractivity contribution in [3.63, 3.8) is 0 Å². The number of benzene rings is 2. The molecule has 0 saturated carbocycles. The van der Waals surface area contributed by atoms with E-state index in [1.165, 1.54) is 12.1 Å². The Morgan fingerprint density at radius 1 is 0.944 bits per heavy atom. The van der Waals surface area contributed by atoms with E-state index in [1.807, 2.05) is 26.0 Å². The predicted molar refractivity (Wildman–Crippen MR) is 73.0 cm³/mol. The molecule has 0 spiro atoms. The fraction of sp³-hybridized carbons (Fsp3) is 0.143. The van der Waals surface area contributed by atoms with Crippen LogP contribution in [0.15, 0.2) is 42.5 Å². The first kappa shape index (κ1) is 13.0. The van der Waals surface area contributed by atoms with Crippen LogP contribution in [0.5, 0.6) is 0 Å². The van der Waals surface area contributed by atoms with Gasteiger partial charge in [-0.15, -0.1) is 0 Å².